The molecular formula is C23H29FN2O2. The van der Waals surface area contributed by atoms with E-state index in [1.54, 1.807) is 30.0 Å². The van der Waals surface area contributed by atoms with Gasteiger partial charge < -0.3 is 10.2 Å². The minimum Gasteiger partial charge on any atom is -0.352 e. The van der Waals surface area contributed by atoms with Crippen LogP contribution in [0.1, 0.15) is 38.3 Å². The lowest BCUT2D eigenvalue weighted by Gasteiger charge is -2.29. The van der Waals surface area contributed by atoms with E-state index >= 15 is 0 Å². The van der Waals surface area contributed by atoms with E-state index in [0.717, 1.165) is 12.0 Å². The van der Waals surface area contributed by atoms with Crippen LogP contribution < -0.4 is 5.32 Å². The highest BCUT2D eigenvalue weighted by Crippen LogP contribution is 2.12. The highest BCUT2D eigenvalue weighted by atomic mass is 19.1. The molecule has 0 spiro atoms. The van der Waals surface area contributed by atoms with Crippen LogP contribution in [0.15, 0.2) is 54.6 Å². The maximum atomic E-state index is 14.0. The molecule has 2 rings (SSSR count). The summed E-state index contributed by atoms with van der Waals surface area (Å²) < 4.78 is 14.0. The highest BCUT2D eigenvalue weighted by Gasteiger charge is 2.26. The average molecular weight is 384 g/mol. The van der Waals surface area contributed by atoms with Crippen LogP contribution in [0.2, 0.25) is 0 Å². The Labute approximate surface area is 166 Å². The molecule has 1 N–H and O–H groups in total. The van der Waals surface area contributed by atoms with Crippen molar-refractivity contribution >= 4 is 11.8 Å². The smallest absolute Gasteiger partial charge is 0.242 e. The number of halogens is 1. The molecule has 0 saturated heterocycles. The van der Waals surface area contributed by atoms with Gasteiger partial charge in [0.2, 0.25) is 11.8 Å². The summed E-state index contributed by atoms with van der Waals surface area (Å²) in [6, 6.07) is 15.5. The van der Waals surface area contributed by atoms with Gasteiger partial charge in [-0.2, -0.15) is 0 Å². The van der Waals surface area contributed by atoms with Crippen molar-refractivity contribution in [3.05, 3.63) is 71.5 Å². The van der Waals surface area contributed by atoms with E-state index in [9.17, 15) is 14.0 Å². The monoisotopic (exact) mass is 384 g/mol. The summed E-state index contributed by atoms with van der Waals surface area (Å²) in [6.07, 6.45) is 1.37. The van der Waals surface area contributed by atoms with Gasteiger partial charge in [-0.1, -0.05) is 55.5 Å². The first-order chi connectivity index (χ1) is 13.4. The van der Waals surface area contributed by atoms with E-state index in [1.807, 2.05) is 44.2 Å². The average Bonchev–Trinajstić information content (AvgIpc) is 2.70. The van der Waals surface area contributed by atoms with E-state index in [4.69, 9.17) is 0 Å². The molecule has 0 aromatic heterocycles. The first kappa shape index (κ1) is 21.6. The third-order valence-electron chi connectivity index (χ3n) is 4.95. The predicted octanol–water partition coefficient (Wildman–Crippen LogP) is 3.74. The van der Waals surface area contributed by atoms with Gasteiger partial charge in [-0.15, -0.1) is 0 Å². The van der Waals surface area contributed by atoms with Crippen LogP contribution in [0.5, 0.6) is 0 Å². The fourth-order valence-corrected chi connectivity index (χ4v) is 2.94. The molecule has 0 bridgehead atoms. The number of rotatable bonds is 9. The number of carbonyl (C=O) groups excluding carboxylic acids is 2. The lowest BCUT2D eigenvalue weighted by Crippen LogP contribution is -2.51. The molecular weight excluding hydrogens is 355 g/mol. The summed E-state index contributed by atoms with van der Waals surface area (Å²) in [6.45, 7) is 6.04. The van der Waals surface area contributed by atoms with Crippen LogP contribution >= 0.6 is 0 Å². The second-order valence-corrected chi connectivity index (χ2v) is 7.08. The fourth-order valence-electron chi connectivity index (χ4n) is 2.94. The SMILES string of the molecule is CC[C@@H](C)NC(=O)[C@H](C)N(CCc1ccccc1)C(=O)Cc1ccccc1F. The summed E-state index contributed by atoms with van der Waals surface area (Å²) in [4.78, 5) is 27.1. The van der Waals surface area contributed by atoms with E-state index in [1.165, 1.54) is 6.07 Å². The predicted molar refractivity (Wildman–Crippen MR) is 109 cm³/mol. The van der Waals surface area contributed by atoms with Crippen LogP contribution in [0, 0.1) is 5.82 Å². The Kier molecular flexibility index (Phi) is 8.18. The maximum Gasteiger partial charge on any atom is 0.242 e. The molecule has 0 heterocycles. The Morgan fingerprint density at radius 1 is 1.04 bits per heavy atom. The highest BCUT2D eigenvalue weighted by molar-refractivity contribution is 5.88. The Morgan fingerprint density at radius 3 is 2.32 bits per heavy atom. The number of hydrogen-bond donors (Lipinski definition) is 1. The van der Waals surface area contributed by atoms with Gasteiger partial charge >= 0.3 is 0 Å². The van der Waals surface area contributed by atoms with Gasteiger partial charge in [-0.25, -0.2) is 4.39 Å². The first-order valence-electron chi connectivity index (χ1n) is 9.79. The second-order valence-electron chi connectivity index (χ2n) is 7.08. The largest absolute Gasteiger partial charge is 0.352 e. The van der Waals surface area contributed by atoms with Crippen molar-refractivity contribution in [2.45, 2.75) is 52.1 Å². The molecule has 0 aliphatic carbocycles. The molecule has 0 saturated carbocycles. The molecule has 0 aliphatic heterocycles. The zero-order valence-corrected chi connectivity index (χ0v) is 16.8. The Morgan fingerprint density at radius 2 is 1.68 bits per heavy atom. The summed E-state index contributed by atoms with van der Waals surface area (Å²) in [5, 5.41) is 2.93. The molecule has 2 amide bonds. The molecule has 5 heteroatoms. The van der Waals surface area contributed by atoms with Crippen molar-refractivity contribution in [2.24, 2.45) is 0 Å². The van der Waals surface area contributed by atoms with Crippen LogP contribution in [0.4, 0.5) is 4.39 Å². The third-order valence-corrected chi connectivity index (χ3v) is 4.95. The number of benzene rings is 2. The van der Waals surface area contributed by atoms with E-state index < -0.39 is 11.9 Å². The lowest BCUT2D eigenvalue weighted by molar-refractivity contribution is -0.139. The molecule has 150 valence electrons. The third kappa shape index (κ3) is 6.19. The molecule has 28 heavy (non-hydrogen) atoms. The fraction of sp³-hybridized carbons (Fsp3) is 0.391. The number of nitrogens with one attached hydrogen (secondary N) is 1. The van der Waals surface area contributed by atoms with Gasteiger partial charge in [-0.3, -0.25) is 9.59 Å². The van der Waals surface area contributed by atoms with Crippen molar-refractivity contribution in [3.8, 4) is 0 Å². The Balaban J connectivity index is 2.15. The van der Waals surface area contributed by atoms with Crippen molar-refractivity contribution in [3.63, 3.8) is 0 Å². The van der Waals surface area contributed by atoms with Crippen LogP contribution in [-0.4, -0.2) is 35.3 Å². The van der Waals surface area contributed by atoms with Crippen molar-refractivity contribution < 1.29 is 14.0 Å². The summed E-state index contributed by atoms with van der Waals surface area (Å²) in [7, 11) is 0. The minimum atomic E-state index is -0.628. The molecule has 2 aromatic rings. The quantitative estimate of drug-likeness (QED) is 0.716. The van der Waals surface area contributed by atoms with E-state index in [0.29, 0.717) is 18.5 Å². The van der Waals surface area contributed by atoms with Crippen LogP contribution in [0.3, 0.4) is 0 Å². The minimum absolute atomic E-state index is 0.0348. The standard InChI is InChI=1S/C23H29FN2O2/c1-4-17(2)25-23(28)18(3)26(15-14-19-10-6-5-7-11-19)22(27)16-20-12-8-9-13-21(20)24/h5-13,17-18H,4,14-16H2,1-3H3,(H,25,28)/t17-,18+/m1/s1. The van der Waals surface area contributed by atoms with Gasteiger partial charge in [0.15, 0.2) is 0 Å². The second kappa shape index (κ2) is 10.6. The molecule has 0 aliphatic rings. The van der Waals surface area contributed by atoms with E-state index in [-0.39, 0.29) is 24.3 Å². The van der Waals surface area contributed by atoms with Gasteiger partial charge in [0.25, 0.3) is 0 Å². The Hall–Kier alpha value is -2.69. The van der Waals surface area contributed by atoms with Crippen LogP contribution in [0.25, 0.3) is 0 Å². The Bertz CT molecular complexity index is 779. The molecule has 2 aromatic carbocycles. The number of amides is 2. The lowest BCUT2D eigenvalue weighted by atomic mass is 10.1. The molecule has 0 unspecified atom stereocenters. The van der Waals surface area contributed by atoms with Crippen molar-refractivity contribution in [1.29, 1.82) is 0 Å². The van der Waals surface area contributed by atoms with E-state index in [2.05, 4.69) is 5.32 Å². The molecule has 0 fully saturated rings. The molecule has 0 radical (unpaired) electrons. The zero-order valence-electron chi connectivity index (χ0n) is 16.8. The summed E-state index contributed by atoms with van der Waals surface area (Å²) in [5.41, 5.74) is 1.42. The molecule has 4 nitrogen and oxygen atoms in total. The van der Waals surface area contributed by atoms with Crippen LogP contribution in [-0.2, 0) is 22.4 Å². The van der Waals surface area contributed by atoms with Gasteiger partial charge in [0.05, 0.1) is 6.42 Å². The number of carbonyl (C=O) groups is 2. The van der Waals surface area contributed by atoms with Gasteiger partial charge in [0.1, 0.15) is 11.9 Å². The maximum absolute atomic E-state index is 14.0. The summed E-state index contributed by atoms with van der Waals surface area (Å²) >= 11 is 0. The molecule has 2 atom stereocenters. The van der Waals surface area contributed by atoms with Crippen molar-refractivity contribution in [1.82, 2.24) is 10.2 Å². The van der Waals surface area contributed by atoms with Gasteiger partial charge in [-0.05, 0) is 43.9 Å². The first-order valence-corrected chi connectivity index (χ1v) is 9.79. The van der Waals surface area contributed by atoms with Crippen molar-refractivity contribution in [2.75, 3.05) is 6.54 Å². The number of hydrogen-bond acceptors (Lipinski definition) is 2. The normalized spacial score (nSPS) is 12.9. The summed E-state index contributed by atoms with van der Waals surface area (Å²) in [5.74, 6) is -0.854. The number of nitrogens with zero attached hydrogens (tertiary/aromatic N) is 1. The van der Waals surface area contributed by atoms with Gasteiger partial charge in [0, 0.05) is 12.6 Å². The topological polar surface area (TPSA) is 49.4 Å². The zero-order chi connectivity index (χ0) is 20.5.